The van der Waals surface area contributed by atoms with Crippen LogP contribution >= 0.6 is 31.9 Å². The van der Waals surface area contributed by atoms with Gasteiger partial charge in [-0.1, -0.05) is 29.8 Å². The van der Waals surface area contributed by atoms with Crippen molar-refractivity contribution in [1.29, 1.82) is 0 Å². The van der Waals surface area contributed by atoms with Gasteiger partial charge in [-0.05, 0) is 44.3 Å². The van der Waals surface area contributed by atoms with Gasteiger partial charge in [-0.3, -0.25) is 0 Å². The summed E-state index contributed by atoms with van der Waals surface area (Å²) in [7, 11) is 0. The van der Waals surface area contributed by atoms with Crippen LogP contribution in [-0.4, -0.2) is 4.98 Å². The summed E-state index contributed by atoms with van der Waals surface area (Å²) in [6, 6.07) is 8.26. The van der Waals surface area contributed by atoms with E-state index in [2.05, 4.69) is 62.0 Å². The van der Waals surface area contributed by atoms with Gasteiger partial charge in [-0.25, -0.2) is 4.98 Å². The summed E-state index contributed by atoms with van der Waals surface area (Å²) in [4.78, 5) is 4.07. The van der Waals surface area contributed by atoms with Gasteiger partial charge in [0.15, 0.2) is 0 Å². The van der Waals surface area contributed by atoms with Crippen LogP contribution < -0.4 is 5.73 Å². The normalized spacial score (nSPS) is 10.4. The third-order valence-electron chi connectivity index (χ3n) is 2.31. The number of aromatic nitrogens is 1. The Labute approximate surface area is 111 Å². The predicted octanol–water partition coefficient (Wildman–Crippen LogP) is 4.16. The quantitative estimate of drug-likeness (QED) is 0.845. The van der Waals surface area contributed by atoms with Crippen LogP contribution in [0.2, 0.25) is 0 Å². The van der Waals surface area contributed by atoms with Crippen LogP contribution in [0.1, 0.15) is 5.56 Å². The Morgan fingerprint density at radius 1 is 1.25 bits per heavy atom. The largest absolute Gasteiger partial charge is 0.383 e. The summed E-state index contributed by atoms with van der Waals surface area (Å²) < 4.78 is 1.76. The van der Waals surface area contributed by atoms with Gasteiger partial charge in [0.05, 0.1) is 4.47 Å². The number of aryl methyl sites for hydroxylation is 1. The molecule has 1 aromatic carbocycles. The molecule has 0 bridgehead atoms. The average molecular weight is 342 g/mol. The second-order valence-corrected chi connectivity index (χ2v) is 5.20. The number of hydrogen-bond donors (Lipinski definition) is 1. The van der Waals surface area contributed by atoms with E-state index in [0.717, 1.165) is 20.1 Å². The standard InChI is InChI=1S/C12H10Br2N2/c1-7-3-2-4-8(5-7)10-9(13)6-16-12(15)11(10)14/h2-6H,1H3,(H2,15,16). The molecule has 0 aliphatic rings. The number of halogens is 2. The molecule has 0 aliphatic carbocycles. The second kappa shape index (κ2) is 4.55. The molecule has 0 saturated carbocycles. The zero-order valence-corrected chi connectivity index (χ0v) is 11.8. The fourth-order valence-corrected chi connectivity index (χ4v) is 2.89. The Morgan fingerprint density at radius 3 is 2.69 bits per heavy atom. The van der Waals surface area contributed by atoms with Crippen LogP contribution in [0.4, 0.5) is 5.82 Å². The summed E-state index contributed by atoms with van der Waals surface area (Å²) in [5.74, 6) is 0.500. The van der Waals surface area contributed by atoms with E-state index in [1.54, 1.807) is 6.20 Å². The molecule has 2 aromatic rings. The highest BCUT2D eigenvalue weighted by atomic mass is 79.9. The van der Waals surface area contributed by atoms with Crippen molar-refractivity contribution in [3.05, 3.63) is 45.0 Å². The first-order valence-electron chi connectivity index (χ1n) is 4.76. The van der Waals surface area contributed by atoms with E-state index in [0.29, 0.717) is 5.82 Å². The minimum Gasteiger partial charge on any atom is -0.383 e. The monoisotopic (exact) mass is 340 g/mol. The Bertz CT molecular complexity index is 539. The first kappa shape index (κ1) is 11.6. The highest BCUT2D eigenvalue weighted by Crippen LogP contribution is 2.37. The van der Waals surface area contributed by atoms with Crippen molar-refractivity contribution in [3.63, 3.8) is 0 Å². The Balaban J connectivity index is 2.68. The van der Waals surface area contributed by atoms with Gasteiger partial charge in [0.25, 0.3) is 0 Å². The molecule has 0 unspecified atom stereocenters. The molecule has 0 saturated heterocycles. The Morgan fingerprint density at radius 2 is 2.00 bits per heavy atom. The maximum absolute atomic E-state index is 5.79. The van der Waals surface area contributed by atoms with Gasteiger partial charge in [0.1, 0.15) is 5.82 Å². The molecular formula is C12H10Br2N2. The molecule has 82 valence electrons. The van der Waals surface area contributed by atoms with E-state index in [9.17, 15) is 0 Å². The van der Waals surface area contributed by atoms with Crippen LogP contribution in [0.15, 0.2) is 39.4 Å². The van der Waals surface area contributed by atoms with Gasteiger partial charge in [-0.2, -0.15) is 0 Å². The Kier molecular flexibility index (Phi) is 3.30. The third-order valence-corrected chi connectivity index (χ3v) is 3.71. The summed E-state index contributed by atoms with van der Waals surface area (Å²) in [5, 5.41) is 0. The minimum atomic E-state index is 0.500. The van der Waals surface area contributed by atoms with Gasteiger partial charge in [0, 0.05) is 16.2 Å². The highest BCUT2D eigenvalue weighted by molar-refractivity contribution is 9.11. The average Bonchev–Trinajstić information content (AvgIpc) is 2.24. The van der Waals surface area contributed by atoms with E-state index in [4.69, 9.17) is 5.73 Å². The molecule has 2 rings (SSSR count). The van der Waals surface area contributed by atoms with Crippen molar-refractivity contribution in [1.82, 2.24) is 4.98 Å². The molecule has 0 fully saturated rings. The van der Waals surface area contributed by atoms with Crippen molar-refractivity contribution in [2.75, 3.05) is 5.73 Å². The van der Waals surface area contributed by atoms with Crippen LogP contribution in [0.5, 0.6) is 0 Å². The van der Waals surface area contributed by atoms with Gasteiger partial charge in [0.2, 0.25) is 0 Å². The zero-order valence-electron chi connectivity index (χ0n) is 8.67. The zero-order chi connectivity index (χ0) is 11.7. The lowest BCUT2D eigenvalue weighted by molar-refractivity contribution is 1.30. The maximum atomic E-state index is 5.79. The van der Waals surface area contributed by atoms with E-state index >= 15 is 0 Å². The predicted molar refractivity (Wildman–Crippen MR) is 74.2 cm³/mol. The molecule has 16 heavy (non-hydrogen) atoms. The minimum absolute atomic E-state index is 0.500. The van der Waals surface area contributed by atoms with Gasteiger partial charge >= 0.3 is 0 Å². The van der Waals surface area contributed by atoms with Crippen LogP contribution in [0.25, 0.3) is 11.1 Å². The number of nitrogen functional groups attached to an aromatic ring is 1. The number of nitrogens with zero attached hydrogens (tertiary/aromatic N) is 1. The molecule has 0 radical (unpaired) electrons. The smallest absolute Gasteiger partial charge is 0.138 e. The summed E-state index contributed by atoms with van der Waals surface area (Å²) in [6.45, 7) is 2.07. The van der Waals surface area contributed by atoms with Gasteiger partial charge < -0.3 is 5.73 Å². The summed E-state index contributed by atoms with van der Waals surface area (Å²) in [5.41, 5.74) is 9.16. The molecular weight excluding hydrogens is 332 g/mol. The maximum Gasteiger partial charge on any atom is 0.138 e. The van der Waals surface area contributed by atoms with E-state index in [1.807, 2.05) is 6.07 Å². The van der Waals surface area contributed by atoms with Crippen LogP contribution in [-0.2, 0) is 0 Å². The lowest BCUT2D eigenvalue weighted by Crippen LogP contribution is -1.94. The first-order valence-corrected chi connectivity index (χ1v) is 6.34. The van der Waals surface area contributed by atoms with E-state index < -0.39 is 0 Å². The molecule has 4 heteroatoms. The van der Waals surface area contributed by atoms with Crippen molar-refractivity contribution in [2.24, 2.45) is 0 Å². The highest BCUT2D eigenvalue weighted by Gasteiger charge is 2.11. The first-order chi connectivity index (χ1) is 7.59. The number of nitrogens with two attached hydrogens (primary N) is 1. The number of anilines is 1. The number of benzene rings is 1. The van der Waals surface area contributed by atoms with E-state index in [-0.39, 0.29) is 0 Å². The molecule has 0 amide bonds. The molecule has 2 N–H and O–H groups in total. The lowest BCUT2D eigenvalue weighted by atomic mass is 10.0. The number of rotatable bonds is 1. The molecule has 1 aromatic heterocycles. The van der Waals surface area contributed by atoms with Crippen LogP contribution in [0.3, 0.4) is 0 Å². The van der Waals surface area contributed by atoms with Gasteiger partial charge in [-0.15, -0.1) is 0 Å². The lowest BCUT2D eigenvalue weighted by Gasteiger charge is -2.09. The Hall–Kier alpha value is -0.870. The second-order valence-electron chi connectivity index (χ2n) is 3.55. The molecule has 0 aliphatic heterocycles. The van der Waals surface area contributed by atoms with Crippen molar-refractivity contribution >= 4 is 37.7 Å². The number of hydrogen-bond acceptors (Lipinski definition) is 2. The molecule has 0 spiro atoms. The number of pyridine rings is 1. The topological polar surface area (TPSA) is 38.9 Å². The fraction of sp³-hybridized carbons (Fsp3) is 0.0833. The third kappa shape index (κ3) is 2.13. The molecule has 0 atom stereocenters. The molecule has 1 heterocycles. The summed E-state index contributed by atoms with van der Waals surface area (Å²) >= 11 is 6.97. The SMILES string of the molecule is Cc1cccc(-c2c(Br)cnc(N)c2Br)c1. The van der Waals surface area contributed by atoms with Crippen molar-refractivity contribution in [3.8, 4) is 11.1 Å². The fourth-order valence-electron chi connectivity index (χ4n) is 1.55. The summed E-state index contributed by atoms with van der Waals surface area (Å²) in [6.07, 6.45) is 1.72. The van der Waals surface area contributed by atoms with Crippen molar-refractivity contribution < 1.29 is 0 Å². The molecule has 2 nitrogen and oxygen atoms in total. The van der Waals surface area contributed by atoms with Crippen molar-refractivity contribution in [2.45, 2.75) is 6.92 Å². The van der Waals surface area contributed by atoms with Crippen LogP contribution in [0, 0.1) is 6.92 Å². The van der Waals surface area contributed by atoms with E-state index in [1.165, 1.54) is 5.56 Å².